The predicted molar refractivity (Wildman–Crippen MR) is 97.0 cm³/mol. The molecule has 11 heteroatoms. The average molecular weight is 409 g/mol. The minimum Gasteiger partial charge on any atom is -0.497 e. The van der Waals surface area contributed by atoms with Crippen LogP contribution in [0.15, 0.2) is 30.7 Å². The molecule has 0 atom stereocenters. The van der Waals surface area contributed by atoms with E-state index in [9.17, 15) is 18.3 Å². The molecule has 0 saturated heterocycles. The number of anilines is 1. The SMILES string of the molecule is COc1ccc(-c2nnc(NC3CC(O)C3)n3cncc23)c(OCC(F)(F)F)c1. The van der Waals surface area contributed by atoms with E-state index in [2.05, 4.69) is 20.5 Å². The van der Waals surface area contributed by atoms with Gasteiger partial charge in [0.25, 0.3) is 0 Å². The molecule has 0 amide bonds. The zero-order valence-corrected chi connectivity index (χ0v) is 15.3. The van der Waals surface area contributed by atoms with Gasteiger partial charge in [-0.05, 0) is 25.0 Å². The second kappa shape index (κ2) is 7.39. The first kappa shape index (κ1) is 19.2. The van der Waals surface area contributed by atoms with E-state index in [1.807, 2.05) is 0 Å². The van der Waals surface area contributed by atoms with Gasteiger partial charge in [-0.2, -0.15) is 13.2 Å². The molecule has 3 aromatic rings. The molecule has 2 heterocycles. The van der Waals surface area contributed by atoms with Gasteiger partial charge in [-0.1, -0.05) is 0 Å². The van der Waals surface area contributed by atoms with Gasteiger partial charge in [0.2, 0.25) is 5.95 Å². The Morgan fingerprint density at radius 3 is 2.76 bits per heavy atom. The largest absolute Gasteiger partial charge is 0.497 e. The zero-order chi connectivity index (χ0) is 20.6. The van der Waals surface area contributed by atoms with E-state index in [-0.39, 0.29) is 17.9 Å². The van der Waals surface area contributed by atoms with Crippen LogP contribution in [0.5, 0.6) is 11.5 Å². The lowest BCUT2D eigenvalue weighted by atomic mass is 9.90. The summed E-state index contributed by atoms with van der Waals surface area (Å²) >= 11 is 0. The number of hydrogen-bond donors (Lipinski definition) is 2. The van der Waals surface area contributed by atoms with Crippen LogP contribution in [0.2, 0.25) is 0 Å². The van der Waals surface area contributed by atoms with E-state index in [0.717, 1.165) is 0 Å². The number of fused-ring (bicyclic) bond motifs is 1. The van der Waals surface area contributed by atoms with Gasteiger partial charge in [-0.15, -0.1) is 10.2 Å². The van der Waals surface area contributed by atoms with Crippen molar-refractivity contribution in [3.8, 4) is 22.8 Å². The molecule has 29 heavy (non-hydrogen) atoms. The van der Waals surface area contributed by atoms with E-state index in [4.69, 9.17) is 9.47 Å². The Morgan fingerprint density at radius 1 is 1.28 bits per heavy atom. The highest BCUT2D eigenvalue weighted by Crippen LogP contribution is 2.36. The molecule has 1 fully saturated rings. The van der Waals surface area contributed by atoms with Gasteiger partial charge in [0.05, 0.1) is 24.9 Å². The average Bonchev–Trinajstić information content (AvgIpc) is 3.15. The second-order valence-electron chi connectivity index (χ2n) is 6.75. The summed E-state index contributed by atoms with van der Waals surface area (Å²) in [6, 6.07) is 4.61. The van der Waals surface area contributed by atoms with Crippen LogP contribution in [0, 0.1) is 0 Å². The highest BCUT2D eigenvalue weighted by atomic mass is 19.4. The zero-order valence-electron chi connectivity index (χ0n) is 15.3. The van der Waals surface area contributed by atoms with Crippen molar-refractivity contribution < 1.29 is 27.8 Å². The van der Waals surface area contributed by atoms with Gasteiger partial charge in [-0.3, -0.25) is 4.40 Å². The lowest BCUT2D eigenvalue weighted by Gasteiger charge is -2.32. The first-order valence-corrected chi connectivity index (χ1v) is 8.85. The maximum absolute atomic E-state index is 12.7. The standard InChI is InChI=1S/C18H18F3N5O3/c1-28-12-2-3-13(15(6-12)29-8-18(19,20)21)16-14-7-22-9-26(14)17(25-24-16)23-10-4-11(27)5-10/h2-3,6-7,9-11,27H,4-5,8H2,1H3,(H,23,25). The minimum absolute atomic E-state index is 0.0260. The molecule has 1 aliphatic carbocycles. The number of imidazole rings is 1. The van der Waals surface area contributed by atoms with Gasteiger partial charge in [0.1, 0.15) is 23.5 Å². The molecule has 1 saturated carbocycles. The summed E-state index contributed by atoms with van der Waals surface area (Å²) in [6.07, 6.45) is -0.529. The van der Waals surface area contributed by atoms with E-state index in [1.165, 1.54) is 19.5 Å². The maximum atomic E-state index is 12.7. The summed E-state index contributed by atoms with van der Waals surface area (Å²) in [6.45, 7) is -1.44. The fourth-order valence-electron chi connectivity index (χ4n) is 3.12. The monoisotopic (exact) mass is 409 g/mol. The highest BCUT2D eigenvalue weighted by Gasteiger charge is 2.30. The lowest BCUT2D eigenvalue weighted by molar-refractivity contribution is -0.153. The predicted octanol–water partition coefficient (Wildman–Crippen LogP) is 2.68. The summed E-state index contributed by atoms with van der Waals surface area (Å²) in [7, 11) is 1.41. The van der Waals surface area contributed by atoms with E-state index in [0.29, 0.717) is 41.3 Å². The molecule has 0 bridgehead atoms. The van der Waals surface area contributed by atoms with Gasteiger partial charge in [-0.25, -0.2) is 4.98 Å². The number of aliphatic hydroxyl groups excluding tert-OH is 1. The normalized spacial score (nSPS) is 19.1. The van der Waals surface area contributed by atoms with Crippen LogP contribution in [0.1, 0.15) is 12.8 Å². The number of methoxy groups -OCH3 is 1. The summed E-state index contributed by atoms with van der Waals surface area (Å²) in [4.78, 5) is 4.11. The number of halogens is 3. The molecule has 0 spiro atoms. The van der Waals surface area contributed by atoms with Crippen LogP contribution < -0.4 is 14.8 Å². The van der Waals surface area contributed by atoms with Crippen LogP contribution in [0.25, 0.3) is 16.8 Å². The second-order valence-corrected chi connectivity index (χ2v) is 6.75. The summed E-state index contributed by atoms with van der Waals surface area (Å²) in [5.41, 5.74) is 1.20. The molecular weight excluding hydrogens is 391 g/mol. The van der Waals surface area contributed by atoms with Crippen LogP contribution in [-0.4, -0.2) is 56.7 Å². The fraction of sp³-hybridized carbons (Fsp3) is 0.389. The van der Waals surface area contributed by atoms with Gasteiger partial charge >= 0.3 is 6.18 Å². The molecule has 4 rings (SSSR count). The molecule has 1 aromatic carbocycles. The van der Waals surface area contributed by atoms with Crippen molar-refractivity contribution in [1.29, 1.82) is 0 Å². The Kier molecular flexibility index (Phi) is 4.91. The van der Waals surface area contributed by atoms with Crippen LogP contribution in [-0.2, 0) is 0 Å². The number of nitrogens with one attached hydrogen (secondary N) is 1. The molecule has 2 aromatic heterocycles. The van der Waals surface area contributed by atoms with E-state index < -0.39 is 12.8 Å². The Bertz CT molecular complexity index is 1020. The van der Waals surface area contributed by atoms with Crippen LogP contribution in [0.3, 0.4) is 0 Å². The van der Waals surface area contributed by atoms with Gasteiger partial charge in [0, 0.05) is 17.7 Å². The van der Waals surface area contributed by atoms with Gasteiger partial charge in [0.15, 0.2) is 6.61 Å². The number of rotatable bonds is 6. The van der Waals surface area contributed by atoms with Crippen LogP contribution >= 0.6 is 0 Å². The summed E-state index contributed by atoms with van der Waals surface area (Å²) in [5.74, 6) is 0.761. The molecule has 0 radical (unpaired) electrons. The number of aromatic nitrogens is 4. The van der Waals surface area contributed by atoms with Crippen molar-refractivity contribution in [3.63, 3.8) is 0 Å². The van der Waals surface area contributed by atoms with Crippen molar-refractivity contribution in [2.24, 2.45) is 0 Å². The molecule has 2 N–H and O–H groups in total. The van der Waals surface area contributed by atoms with Crippen molar-refractivity contribution >= 4 is 11.5 Å². The summed E-state index contributed by atoms with van der Waals surface area (Å²) < 4.78 is 49.8. The van der Waals surface area contributed by atoms with E-state index in [1.54, 1.807) is 22.7 Å². The molecule has 0 unspecified atom stereocenters. The first-order chi connectivity index (χ1) is 13.8. The Labute approximate surface area is 163 Å². The van der Waals surface area contributed by atoms with Crippen molar-refractivity contribution in [3.05, 3.63) is 30.7 Å². The van der Waals surface area contributed by atoms with Crippen LogP contribution in [0.4, 0.5) is 19.1 Å². The molecular formula is C18H18F3N5O3. The highest BCUT2D eigenvalue weighted by molar-refractivity contribution is 5.81. The molecule has 1 aliphatic rings. The topological polar surface area (TPSA) is 93.8 Å². The Hall–Kier alpha value is -3.08. The minimum atomic E-state index is -4.49. The third-order valence-corrected chi connectivity index (χ3v) is 4.64. The number of alkyl halides is 3. The maximum Gasteiger partial charge on any atom is 0.422 e. The quantitative estimate of drug-likeness (QED) is 0.647. The van der Waals surface area contributed by atoms with Crippen molar-refractivity contribution in [2.45, 2.75) is 31.2 Å². The van der Waals surface area contributed by atoms with Crippen molar-refractivity contribution in [2.75, 3.05) is 19.0 Å². The smallest absolute Gasteiger partial charge is 0.422 e. The third kappa shape index (κ3) is 4.04. The number of aliphatic hydroxyl groups is 1. The first-order valence-electron chi connectivity index (χ1n) is 8.85. The Morgan fingerprint density at radius 2 is 2.07 bits per heavy atom. The lowest BCUT2D eigenvalue weighted by Crippen LogP contribution is -2.39. The van der Waals surface area contributed by atoms with Gasteiger partial charge < -0.3 is 19.9 Å². The number of benzene rings is 1. The molecule has 8 nitrogen and oxygen atoms in total. The number of nitrogens with zero attached hydrogens (tertiary/aromatic N) is 4. The molecule has 154 valence electrons. The molecule has 0 aliphatic heterocycles. The number of hydrogen-bond acceptors (Lipinski definition) is 7. The van der Waals surface area contributed by atoms with Crippen molar-refractivity contribution in [1.82, 2.24) is 19.6 Å². The fourth-order valence-corrected chi connectivity index (χ4v) is 3.12. The number of ether oxygens (including phenoxy) is 2. The van der Waals surface area contributed by atoms with E-state index >= 15 is 0 Å². The Balaban J connectivity index is 1.71. The summed E-state index contributed by atoms with van der Waals surface area (Å²) in [5, 5.41) is 21.0. The third-order valence-electron chi connectivity index (χ3n) is 4.64.